The number of nitrogens with one attached hydrogen (secondary N) is 1. The van der Waals surface area contributed by atoms with Gasteiger partial charge in [0.05, 0.1) is 12.2 Å². The van der Waals surface area contributed by atoms with E-state index in [-0.39, 0.29) is 24.4 Å². The third kappa shape index (κ3) is 3.09. The zero-order valence-electron chi connectivity index (χ0n) is 12.5. The molecule has 6 nitrogen and oxygen atoms in total. The third-order valence-corrected chi connectivity index (χ3v) is 3.61. The largest absolute Gasteiger partial charge is 0.392 e. The zero-order chi connectivity index (χ0) is 17.1. The predicted octanol–water partition coefficient (Wildman–Crippen LogP) is 2.09. The molecule has 3 rings (SSSR count). The molecule has 2 aromatic heterocycles. The summed E-state index contributed by atoms with van der Waals surface area (Å²) in [4.78, 5) is 12.2. The average molecular weight is 332 g/mol. The van der Waals surface area contributed by atoms with Crippen LogP contribution in [0, 0.1) is 0 Å². The number of alkyl halides is 2. The molecule has 0 spiro atoms. The van der Waals surface area contributed by atoms with Crippen molar-refractivity contribution in [2.45, 2.75) is 19.6 Å². The van der Waals surface area contributed by atoms with E-state index in [0.29, 0.717) is 5.56 Å². The van der Waals surface area contributed by atoms with Crippen molar-refractivity contribution in [3.63, 3.8) is 0 Å². The number of fused-ring (bicyclic) bond motifs is 1. The van der Waals surface area contributed by atoms with Gasteiger partial charge in [0.15, 0.2) is 5.65 Å². The minimum absolute atomic E-state index is 0.129. The first-order chi connectivity index (χ1) is 11.6. The number of benzene rings is 1. The van der Waals surface area contributed by atoms with Crippen molar-refractivity contribution in [1.29, 1.82) is 0 Å². The fourth-order valence-corrected chi connectivity index (χ4v) is 2.35. The van der Waals surface area contributed by atoms with Gasteiger partial charge in [0.2, 0.25) is 5.82 Å². The van der Waals surface area contributed by atoms with Gasteiger partial charge < -0.3 is 10.4 Å². The van der Waals surface area contributed by atoms with Gasteiger partial charge in [0.25, 0.3) is 12.3 Å². The number of aromatic nitrogens is 3. The Morgan fingerprint density at radius 1 is 1.17 bits per heavy atom. The Bertz CT molecular complexity index is 879. The van der Waals surface area contributed by atoms with Crippen LogP contribution in [-0.2, 0) is 13.2 Å². The van der Waals surface area contributed by atoms with E-state index in [0.717, 1.165) is 9.96 Å². The van der Waals surface area contributed by atoms with Crippen molar-refractivity contribution in [2.75, 3.05) is 0 Å². The van der Waals surface area contributed by atoms with Crippen LogP contribution < -0.4 is 5.32 Å². The Balaban J connectivity index is 1.80. The number of carbonyl (C=O) groups excluding carboxylic acids is 1. The molecule has 3 aromatic rings. The second-order valence-electron chi connectivity index (χ2n) is 5.11. The van der Waals surface area contributed by atoms with Gasteiger partial charge in [0.1, 0.15) is 0 Å². The van der Waals surface area contributed by atoms with Gasteiger partial charge in [-0.3, -0.25) is 9.20 Å². The monoisotopic (exact) mass is 332 g/mol. The maximum absolute atomic E-state index is 12.9. The molecule has 0 saturated heterocycles. The summed E-state index contributed by atoms with van der Waals surface area (Å²) in [6.45, 7) is 0.0912. The van der Waals surface area contributed by atoms with Crippen LogP contribution in [0.3, 0.4) is 0 Å². The normalized spacial score (nSPS) is 11.2. The van der Waals surface area contributed by atoms with Crippen molar-refractivity contribution in [1.82, 2.24) is 19.9 Å². The van der Waals surface area contributed by atoms with Crippen molar-refractivity contribution in [3.8, 4) is 0 Å². The number of pyridine rings is 1. The molecule has 2 heterocycles. The van der Waals surface area contributed by atoms with Gasteiger partial charge in [0, 0.05) is 12.7 Å². The summed E-state index contributed by atoms with van der Waals surface area (Å²) >= 11 is 0. The number of rotatable bonds is 5. The van der Waals surface area contributed by atoms with Crippen LogP contribution in [0.15, 0.2) is 42.6 Å². The summed E-state index contributed by atoms with van der Waals surface area (Å²) in [5, 5.41) is 19.0. The molecule has 0 saturated carbocycles. The Hall–Kier alpha value is -2.87. The number of nitrogens with zero attached hydrogens (tertiary/aromatic N) is 3. The van der Waals surface area contributed by atoms with E-state index in [1.54, 1.807) is 24.3 Å². The lowest BCUT2D eigenvalue weighted by Gasteiger charge is -2.09. The molecular weight excluding hydrogens is 318 g/mol. The lowest BCUT2D eigenvalue weighted by molar-refractivity contribution is 0.0949. The van der Waals surface area contributed by atoms with Crippen LogP contribution >= 0.6 is 0 Å². The molecule has 1 amide bonds. The van der Waals surface area contributed by atoms with E-state index in [1.165, 1.54) is 18.3 Å². The fraction of sp³-hybridized carbons (Fsp3) is 0.188. The topological polar surface area (TPSA) is 79.5 Å². The summed E-state index contributed by atoms with van der Waals surface area (Å²) in [5.74, 6) is -0.927. The number of amides is 1. The van der Waals surface area contributed by atoms with Crippen molar-refractivity contribution >= 4 is 11.6 Å². The second kappa shape index (κ2) is 6.71. The fourth-order valence-electron chi connectivity index (χ4n) is 2.35. The number of aliphatic hydroxyl groups excluding tert-OH is 1. The highest BCUT2D eigenvalue weighted by atomic mass is 19.3. The molecule has 0 aliphatic heterocycles. The van der Waals surface area contributed by atoms with Crippen molar-refractivity contribution < 1.29 is 18.7 Å². The molecule has 0 atom stereocenters. The van der Waals surface area contributed by atoms with E-state index >= 15 is 0 Å². The third-order valence-electron chi connectivity index (χ3n) is 3.61. The summed E-state index contributed by atoms with van der Waals surface area (Å²) < 4.78 is 26.8. The molecule has 24 heavy (non-hydrogen) atoms. The van der Waals surface area contributed by atoms with Gasteiger partial charge in [-0.15, -0.1) is 10.2 Å². The summed E-state index contributed by atoms with van der Waals surface area (Å²) in [6, 6.07) is 10.1. The molecule has 1 aromatic carbocycles. The second-order valence-corrected chi connectivity index (χ2v) is 5.11. The van der Waals surface area contributed by atoms with Crippen LogP contribution in [0.4, 0.5) is 8.78 Å². The van der Waals surface area contributed by atoms with E-state index < -0.39 is 18.2 Å². The molecule has 0 aliphatic rings. The lowest BCUT2D eigenvalue weighted by Crippen LogP contribution is -2.23. The van der Waals surface area contributed by atoms with Gasteiger partial charge in [-0.1, -0.05) is 24.3 Å². The summed E-state index contributed by atoms with van der Waals surface area (Å²) in [5.41, 5.74) is 1.96. The Kier molecular flexibility index (Phi) is 4.48. The first kappa shape index (κ1) is 16.0. The highest BCUT2D eigenvalue weighted by Gasteiger charge is 2.17. The molecule has 0 fully saturated rings. The van der Waals surface area contributed by atoms with Gasteiger partial charge in [-0.2, -0.15) is 0 Å². The van der Waals surface area contributed by atoms with Crippen molar-refractivity contribution in [2.24, 2.45) is 0 Å². The molecule has 0 unspecified atom stereocenters. The van der Waals surface area contributed by atoms with E-state index in [2.05, 4.69) is 15.5 Å². The molecule has 0 aliphatic carbocycles. The first-order valence-corrected chi connectivity index (χ1v) is 7.19. The summed E-state index contributed by atoms with van der Waals surface area (Å²) in [6.07, 6.45) is -1.50. The average Bonchev–Trinajstić information content (AvgIpc) is 3.03. The van der Waals surface area contributed by atoms with E-state index in [1.807, 2.05) is 0 Å². The number of hydrogen-bond donors (Lipinski definition) is 2. The van der Waals surface area contributed by atoms with Crippen LogP contribution in [0.25, 0.3) is 5.65 Å². The SMILES string of the molecule is O=C(NCc1ccccc1CO)c1ccc2nnc(C(F)F)n2c1. The molecular formula is C16H14F2N4O2. The van der Waals surface area contributed by atoms with Gasteiger partial charge in [-0.25, -0.2) is 8.78 Å². The van der Waals surface area contributed by atoms with Crippen LogP contribution in [0.5, 0.6) is 0 Å². The van der Waals surface area contributed by atoms with Crippen LogP contribution in [0.2, 0.25) is 0 Å². The minimum atomic E-state index is -2.78. The minimum Gasteiger partial charge on any atom is -0.392 e. The number of halogens is 2. The molecule has 0 bridgehead atoms. The smallest absolute Gasteiger partial charge is 0.297 e. The molecule has 0 radical (unpaired) electrons. The van der Waals surface area contributed by atoms with Gasteiger partial charge in [-0.05, 0) is 23.3 Å². The predicted molar refractivity (Wildman–Crippen MR) is 81.5 cm³/mol. The van der Waals surface area contributed by atoms with Crippen LogP contribution in [-0.4, -0.2) is 25.6 Å². The summed E-state index contributed by atoms with van der Waals surface area (Å²) in [7, 11) is 0. The number of carbonyl (C=O) groups is 1. The number of hydrogen-bond acceptors (Lipinski definition) is 4. The molecule has 2 N–H and O–H groups in total. The Morgan fingerprint density at radius 3 is 2.62 bits per heavy atom. The molecule has 8 heteroatoms. The quantitative estimate of drug-likeness (QED) is 0.750. The maximum atomic E-state index is 12.9. The van der Waals surface area contributed by atoms with Crippen LogP contribution in [0.1, 0.15) is 33.7 Å². The Morgan fingerprint density at radius 2 is 1.92 bits per heavy atom. The molecule has 124 valence electrons. The van der Waals surface area contributed by atoms with E-state index in [4.69, 9.17) is 0 Å². The standard InChI is InChI=1S/C16H14F2N4O2/c17-14(18)15-21-20-13-6-5-11(8-22(13)15)16(24)19-7-10-3-1-2-4-12(10)9-23/h1-6,8,14,23H,7,9H2,(H,19,24). The Labute approximate surface area is 135 Å². The zero-order valence-corrected chi connectivity index (χ0v) is 12.5. The maximum Gasteiger partial charge on any atom is 0.297 e. The first-order valence-electron chi connectivity index (χ1n) is 7.19. The highest BCUT2D eigenvalue weighted by molar-refractivity contribution is 5.94. The van der Waals surface area contributed by atoms with Crippen molar-refractivity contribution in [3.05, 3.63) is 65.1 Å². The van der Waals surface area contributed by atoms with E-state index in [9.17, 15) is 18.7 Å². The van der Waals surface area contributed by atoms with Gasteiger partial charge >= 0.3 is 0 Å². The lowest BCUT2D eigenvalue weighted by atomic mass is 10.1. The number of aliphatic hydroxyl groups is 1. The highest BCUT2D eigenvalue weighted by Crippen LogP contribution is 2.18.